The normalized spacial score (nSPS) is 13.6. The van der Waals surface area contributed by atoms with Gasteiger partial charge in [-0.3, -0.25) is 24.2 Å². The number of aliphatic imine (C=N–C) groups is 1. The van der Waals surface area contributed by atoms with Crippen molar-refractivity contribution in [1.29, 1.82) is 0 Å². The number of esters is 2. The number of amides is 5. The van der Waals surface area contributed by atoms with Gasteiger partial charge in [0.25, 0.3) is 0 Å². The third-order valence-electron chi connectivity index (χ3n) is 8.04. The summed E-state index contributed by atoms with van der Waals surface area (Å²) in [5.41, 5.74) is 9.00. The molecule has 344 valence electrons. The first-order chi connectivity index (χ1) is 28.2. The molecular weight excluding hydrogens is 793 g/mol. The third kappa shape index (κ3) is 24.9. The quantitative estimate of drug-likeness (QED) is 0.0290. The number of carbonyl (C=O) groups excluding carboxylic acids is 7. The van der Waals surface area contributed by atoms with Gasteiger partial charge in [-0.15, -0.1) is 0 Å². The highest BCUT2D eigenvalue weighted by atomic mass is 16.6. The number of benzene rings is 1. The Morgan fingerprint density at radius 2 is 1.16 bits per heavy atom. The second kappa shape index (κ2) is 25.2. The highest BCUT2D eigenvalue weighted by molar-refractivity contribution is 5.96. The summed E-state index contributed by atoms with van der Waals surface area (Å²) in [5, 5.41) is 13.0. The van der Waals surface area contributed by atoms with Crippen LogP contribution in [0.3, 0.4) is 0 Å². The first-order valence-corrected chi connectivity index (χ1v) is 20.5. The van der Waals surface area contributed by atoms with Crippen molar-refractivity contribution >= 4 is 47.8 Å². The number of rotatable bonds is 22. The van der Waals surface area contributed by atoms with Crippen molar-refractivity contribution in [3.63, 3.8) is 0 Å². The Labute approximate surface area is 359 Å². The molecule has 0 fully saturated rings. The van der Waals surface area contributed by atoms with Gasteiger partial charge < -0.3 is 57.0 Å². The standard InChI is InChI=1S/C42H70N8O11/c1-26(2)32(36(55)60-41(6,7)8)50-35(54)30(24-31(51)59-40(3,4)5)48-33(52)28(20-15-16-22-46-38(56)58-25-27-18-13-12-14-19-27)47-34(53)29(21-17-23-45-37(43)44)49-39(57)61-42(9,10)11/h12-14,18-19,26,28-30,32H,15-17,20-25H2,1-11H3,(H,46,56)(H,47,53)(H,48,52)(H,49,57)(H,50,54)(H4,43,44,45)/t28-,29-,30-,32-/m0/s1. The minimum absolute atomic E-state index is 0.0151. The van der Waals surface area contributed by atoms with Crippen LogP contribution in [0.2, 0.25) is 0 Å². The molecule has 1 aromatic carbocycles. The summed E-state index contributed by atoms with van der Waals surface area (Å²) in [6, 6.07) is 3.85. The van der Waals surface area contributed by atoms with E-state index in [4.69, 9.17) is 30.4 Å². The summed E-state index contributed by atoms with van der Waals surface area (Å²) in [5.74, 6) is -4.65. The number of carbonyl (C=O) groups is 7. The highest BCUT2D eigenvalue weighted by Gasteiger charge is 2.36. The molecule has 0 aliphatic carbocycles. The molecule has 0 saturated carbocycles. The van der Waals surface area contributed by atoms with Crippen molar-refractivity contribution in [1.82, 2.24) is 26.6 Å². The number of guanidine groups is 1. The molecule has 0 spiro atoms. The third-order valence-corrected chi connectivity index (χ3v) is 8.04. The lowest BCUT2D eigenvalue weighted by Gasteiger charge is -2.29. The van der Waals surface area contributed by atoms with E-state index in [2.05, 4.69) is 31.6 Å². The summed E-state index contributed by atoms with van der Waals surface area (Å²) < 4.78 is 21.6. The monoisotopic (exact) mass is 863 g/mol. The Kier molecular flexibility index (Phi) is 22.1. The average Bonchev–Trinajstić information content (AvgIpc) is 3.10. The summed E-state index contributed by atoms with van der Waals surface area (Å²) in [7, 11) is 0. The van der Waals surface area contributed by atoms with Crippen LogP contribution in [-0.4, -0.2) is 102 Å². The van der Waals surface area contributed by atoms with Crippen molar-refractivity contribution in [3.05, 3.63) is 35.9 Å². The van der Waals surface area contributed by atoms with Crippen LogP contribution in [0.1, 0.15) is 120 Å². The number of nitrogens with two attached hydrogens (primary N) is 2. The number of nitrogens with one attached hydrogen (secondary N) is 5. The van der Waals surface area contributed by atoms with Crippen molar-refractivity contribution in [2.24, 2.45) is 22.4 Å². The Morgan fingerprint density at radius 1 is 0.639 bits per heavy atom. The summed E-state index contributed by atoms with van der Waals surface area (Å²) in [4.78, 5) is 97.2. The number of hydrogen-bond donors (Lipinski definition) is 7. The van der Waals surface area contributed by atoms with E-state index >= 15 is 0 Å². The number of ether oxygens (including phenoxy) is 4. The molecular formula is C42H70N8O11. The molecule has 0 heterocycles. The van der Waals surface area contributed by atoms with E-state index in [1.807, 2.05) is 30.3 Å². The molecule has 1 aromatic rings. The van der Waals surface area contributed by atoms with E-state index in [9.17, 15) is 33.6 Å². The Hall–Kier alpha value is -5.62. The van der Waals surface area contributed by atoms with Crippen molar-refractivity contribution in [2.45, 2.75) is 162 Å². The predicted octanol–water partition coefficient (Wildman–Crippen LogP) is 3.21. The van der Waals surface area contributed by atoms with Gasteiger partial charge in [-0.05, 0) is 106 Å². The maximum Gasteiger partial charge on any atom is 0.408 e. The molecule has 4 atom stereocenters. The molecule has 61 heavy (non-hydrogen) atoms. The molecule has 19 heteroatoms. The van der Waals surface area contributed by atoms with E-state index in [1.165, 1.54) is 0 Å². The molecule has 0 saturated heterocycles. The fraction of sp³-hybridized carbons (Fsp3) is 0.667. The molecule has 19 nitrogen and oxygen atoms in total. The lowest BCUT2D eigenvalue weighted by molar-refractivity contribution is -0.160. The van der Waals surface area contributed by atoms with Crippen LogP contribution in [0, 0.1) is 5.92 Å². The fourth-order valence-electron chi connectivity index (χ4n) is 5.35. The van der Waals surface area contributed by atoms with Crippen molar-refractivity contribution in [3.8, 4) is 0 Å². The highest BCUT2D eigenvalue weighted by Crippen LogP contribution is 2.15. The average molecular weight is 863 g/mol. The first-order valence-electron chi connectivity index (χ1n) is 20.5. The Balaban J connectivity index is 3.41. The Bertz CT molecular complexity index is 1630. The van der Waals surface area contributed by atoms with Gasteiger partial charge in [-0.2, -0.15) is 0 Å². The zero-order valence-electron chi connectivity index (χ0n) is 37.7. The zero-order chi connectivity index (χ0) is 46.6. The van der Waals surface area contributed by atoms with E-state index in [0.717, 1.165) is 5.56 Å². The number of nitrogens with zero attached hydrogens (tertiary/aromatic N) is 1. The van der Waals surface area contributed by atoms with Crippen LogP contribution in [0.15, 0.2) is 35.3 Å². The largest absolute Gasteiger partial charge is 0.460 e. The van der Waals surface area contributed by atoms with E-state index in [0.29, 0.717) is 6.42 Å². The predicted molar refractivity (Wildman–Crippen MR) is 228 cm³/mol. The molecule has 0 aromatic heterocycles. The molecule has 9 N–H and O–H groups in total. The van der Waals surface area contributed by atoms with Gasteiger partial charge in [-0.1, -0.05) is 44.2 Å². The van der Waals surface area contributed by atoms with Gasteiger partial charge in [0, 0.05) is 13.1 Å². The minimum atomic E-state index is -1.57. The number of hydrogen-bond acceptors (Lipinski definition) is 12. The first kappa shape index (κ1) is 53.4. The van der Waals surface area contributed by atoms with Crippen LogP contribution >= 0.6 is 0 Å². The van der Waals surface area contributed by atoms with Gasteiger partial charge in [0.15, 0.2) is 5.96 Å². The second-order valence-corrected chi connectivity index (χ2v) is 17.8. The Morgan fingerprint density at radius 3 is 1.70 bits per heavy atom. The van der Waals surface area contributed by atoms with Crippen molar-refractivity contribution in [2.75, 3.05) is 13.1 Å². The topological polar surface area (TPSA) is 281 Å². The maximum absolute atomic E-state index is 14.2. The molecule has 5 amide bonds. The van der Waals surface area contributed by atoms with Gasteiger partial charge in [0.1, 0.15) is 47.6 Å². The number of unbranched alkanes of at least 4 members (excludes halogenated alkanes) is 1. The maximum atomic E-state index is 14.2. The lowest BCUT2D eigenvalue weighted by Crippen LogP contribution is -2.59. The minimum Gasteiger partial charge on any atom is -0.460 e. The van der Waals surface area contributed by atoms with E-state index in [-0.39, 0.29) is 51.3 Å². The van der Waals surface area contributed by atoms with Crippen LogP contribution in [0.5, 0.6) is 0 Å². The van der Waals surface area contributed by atoms with Crippen LogP contribution < -0.4 is 38.1 Å². The van der Waals surface area contributed by atoms with Crippen LogP contribution in [0.25, 0.3) is 0 Å². The molecule has 1 rings (SSSR count). The molecule has 0 aliphatic heterocycles. The van der Waals surface area contributed by atoms with E-state index < -0.39 is 95.2 Å². The zero-order valence-corrected chi connectivity index (χ0v) is 37.7. The van der Waals surface area contributed by atoms with Gasteiger partial charge >= 0.3 is 24.1 Å². The van der Waals surface area contributed by atoms with Gasteiger partial charge in [0.2, 0.25) is 17.7 Å². The number of alkyl carbamates (subject to hydrolysis) is 2. The van der Waals surface area contributed by atoms with Gasteiger partial charge in [0.05, 0.1) is 6.42 Å². The molecule has 0 bridgehead atoms. The van der Waals surface area contributed by atoms with Crippen LogP contribution in [0.4, 0.5) is 9.59 Å². The summed E-state index contributed by atoms with van der Waals surface area (Å²) in [6.45, 7) is 18.6. The molecule has 0 unspecified atom stereocenters. The lowest BCUT2D eigenvalue weighted by atomic mass is 10.0. The second-order valence-electron chi connectivity index (χ2n) is 17.8. The van der Waals surface area contributed by atoms with Crippen LogP contribution in [-0.2, 0) is 49.5 Å². The smallest absolute Gasteiger partial charge is 0.408 e. The fourth-order valence-corrected chi connectivity index (χ4v) is 5.35. The molecule has 0 radical (unpaired) electrons. The molecule has 0 aliphatic rings. The van der Waals surface area contributed by atoms with Gasteiger partial charge in [-0.25, -0.2) is 14.4 Å². The van der Waals surface area contributed by atoms with E-state index in [1.54, 1.807) is 76.2 Å². The summed E-state index contributed by atoms with van der Waals surface area (Å²) >= 11 is 0. The van der Waals surface area contributed by atoms with Crippen molar-refractivity contribution < 1.29 is 52.5 Å². The SMILES string of the molecule is CC(C)[C@H](NC(=O)[C@H](CC(=O)OC(C)(C)C)NC(=O)[C@H](CCCCNC(=O)OCc1ccccc1)NC(=O)[C@H](CCCN=C(N)N)NC(=O)OC(C)(C)C)C(=O)OC(C)(C)C. The summed E-state index contributed by atoms with van der Waals surface area (Å²) in [6.07, 6.45) is -1.28.